The van der Waals surface area contributed by atoms with Gasteiger partial charge in [0.2, 0.25) is 0 Å². The molecule has 3 aliphatic heterocycles. The van der Waals surface area contributed by atoms with Crippen molar-refractivity contribution in [3.63, 3.8) is 0 Å². The van der Waals surface area contributed by atoms with E-state index in [9.17, 15) is 26.4 Å². The minimum absolute atomic E-state index is 0.000718. The second-order valence-electron chi connectivity index (χ2n) is 13.0. The molecule has 0 spiro atoms. The second kappa shape index (κ2) is 14.2. The van der Waals surface area contributed by atoms with Crippen LogP contribution in [0.3, 0.4) is 0 Å². The minimum atomic E-state index is -4.54. The Morgan fingerprint density at radius 1 is 1.14 bits per heavy atom. The summed E-state index contributed by atoms with van der Waals surface area (Å²) in [5, 5.41) is 5.95. The first kappa shape index (κ1) is 35.0. The number of nitrogens with one attached hydrogen (secondary N) is 2. The van der Waals surface area contributed by atoms with E-state index >= 15 is 4.39 Å². The Bertz CT molecular complexity index is 1870. The fourth-order valence-corrected chi connectivity index (χ4v) is 7.95. The number of carbonyl (C=O) groups is 1. The Kier molecular flexibility index (Phi) is 10.1. The van der Waals surface area contributed by atoms with Crippen LogP contribution in [-0.4, -0.2) is 98.9 Å². The number of amides is 1. The molecular weight excluding hydrogens is 666 g/mol. The summed E-state index contributed by atoms with van der Waals surface area (Å²) in [5.74, 6) is 5.44. The van der Waals surface area contributed by atoms with Crippen LogP contribution in [0.2, 0.25) is 0 Å². The van der Waals surface area contributed by atoms with Crippen LogP contribution in [0.1, 0.15) is 47.7 Å². The molecule has 2 fully saturated rings. The molecular formula is C34H39F4N5O5S. The number of fused-ring (bicyclic) bond motifs is 2. The van der Waals surface area contributed by atoms with Crippen molar-refractivity contribution in [2.75, 3.05) is 51.0 Å². The number of sulfone groups is 1. The summed E-state index contributed by atoms with van der Waals surface area (Å²) >= 11 is 0. The van der Waals surface area contributed by atoms with Gasteiger partial charge in [0, 0.05) is 49.7 Å². The molecule has 1 amide bonds. The Hall–Kier alpha value is -3.87. The molecule has 2 N–H and O–H groups in total. The van der Waals surface area contributed by atoms with Gasteiger partial charge in [0.15, 0.2) is 9.84 Å². The van der Waals surface area contributed by atoms with Gasteiger partial charge in [0.1, 0.15) is 24.0 Å². The third-order valence-electron chi connectivity index (χ3n) is 9.29. The van der Waals surface area contributed by atoms with E-state index in [2.05, 4.69) is 32.4 Å². The lowest BCUT2D eigenvalue weighted by Gasteiger charge is -2.44. The quantitative estimate of drug-likeness (QED) is 0.276. The Morgan fingerprint density at radius 2 is 1.92 bits per heavy atom. The van der Waals surface area contributed by atoms with Crippen molar-refractivity contribution in [2.45, 2.75) is 68.5 Å². The van der Waals surface area contributed by atoms with Crippen LogP contribution < -0.4 is 15.4 Å². The Balaban J connectivity index is 1.23. The summed E-state index contributed by atoms with van der Waals surface area (Å²) in [6.45, 7) is 3.11. The molecule has 49 heavy (non-hydrogen) atoms. The average molecular weight is 706 g/mol. The Labute approximate surface area is 282 Å². The van der Waals surface area contributed by atoms with Gasteiger partial charge < -0.3 is 24.7 Å². The fraction of sp³-hybridized carbons (Fsp3) is 0.529. The summed E-state index contributed by atoms with van der Waals surface area (Å²) in [6.07, 6.45) is -0.823. The van der Waals surface area contributed by atoms with Crippen LogP contribution in [0.5, 0.6) is 5.75 Å². The summed E-state index contributed by atoms with van der Waals surface area (Å²) in [5.41, 5.74) is 1.56. The number of hydrogen-bond acceptors (Lipinski definition) is 8. The van der Waals surface area contributed by atoms with Crippen LogP contribution in [0, 0.1) is 17.8 Å². The van der Waals surface area contributed by atoms with Crippen molar-refractivity contribution in [2.24, 2.45) is 5.92 Å². The van der Waals surface area contributed by atoms with Crippen LogP contribution >= 0.6 is 0 Å². The molecule has 2 aromatic carbocycles. The summed E-state index contributed by atoms with van der Waals surface area (Å²) in [7, 11) is -3.46. The molecule has 0 bridgehead atoms. The number of imidazole rings is 1. The lowest BCUT2D eigenvalue weighted by molar-refractivity contribution is -0.139. The normalized spacial score (nSPS) is 22.1. The van der Waals surface area contributed by atoms with Gasteiger partial charge in [0.05, 0.1) is 47.2 Å². The number of anilines is 1. The van der Waals surface area contributed by atoms with Crippen molar-refractivity contribution >= 4 is 32.5 Å². The Morgan fingerprint density at radius 3 is 2.63 bits per heavy atom. The maximum atomic E-state index is 15.6. The molecule has 6 rings (SSSR count). The number of carbonyl (C=O) groups excluding carboxylic acids is 1. The maximum Gasteiger partial charge on any atom is 0.406 e. The van der Waals surface area contributed by atoms with Crippen molar-refractivity contribution in [1.82, 2.24) is 19.8 Å². The standard InChI is InChI=1S/C34H39F4N5O5S/c1-21-17-42(23-9-13-47-14-10-23)18-26(35)30(21)41-33(44)25-15-22(16-28-31(25)40-20-43(28)19-34(36,37)38)5-3-11-39-27-7-8-29(49(2,45)46)24-6-4-12-48-32(24)27/h7-8,15-16,20-21,23,26,30,39H,4,6,9-14,17-19H2,1-2H3,(H,41,44)/t21-,26-,30+/m0/s1. The van der Waals surface area contributed by atoms with Crippen molar-refractivity contribution in [1.29, 1.82) is 0 Å². The van der Waals surface area contributed by atoms with Gasteiger partial charge in [0.25, 0.3) is 5.91 Å². The first-order valence-corrected chi connectivity index (χ1v) is 18.2. The number of ether oxygens (including phenoxy) is 2. The zero-order valence-corrected chi connectivity index (χ0v) is 28.1. The number of rotatable bonds is 7. The summed E-state index contributed by atoms with van der Waals surface area (Å²) in [4.78, 5) is 20.2. The van der Waals surface area contributed by atoms with Crippen LogP contribution in [0.15, 0.2) is 35.5 Å². The smallest absolute Gasteiger partial charge is 0.406 e. The molecule has 264 valence electrons. The number of hydrogen-bond donors (Lipinski definition) is 2. The number of piperidine rings is 1. The fourth-order valence-electron chi connectivity index (χ4n) is 7.00. The van der Waals surface area contributed by atoms with Gasteiger partial charge in [-0.2, -0.15) is 13.2 Å². The third-order valence-corrected chi connectivity index (χ3v) is 10.5. The average Bonchev–Trinajstić information content (AvgIpc) is 3.44. The van der Waals surface area contributed by atoms with Crippen molar-refractivity contribution in [3.05, 3.63) is 47.3 Å². The van der Waals surface area contributed by atoms with E-state index in [1.165, 1.54) is 18.2 Å². The highest BCUT2D eigenvalue weighted by Gasteiger charge is 2.39. The highest BCUT2D eigenvalue weighted by atomic mass is 32.2. The molecule has 3 aromatic rings. The van der Waals surface area contributed by atoms with Gasteiger partial charge in [-0.15, -0.1) is 0 Å². The molecule has 10 nitrogen and oxygen atoms in total. The first-order chi connectivity index (χ1) is 23.3. The van der Waals surface area contributed by atoms with Gasteiger partial charge in [-0.05, 0) is 55.9 Å². The van der Waals surface area contributed by atoms with E-state index in [4.69, 9.17) is 9.47 Å². The van der Waals surface area contributed by atoms with E-state index < -0.39 is 40.7 Å². The van der Waals surface area contributed by atoms with Crippen LogP contribution in [0.25, 0.3) is 11.0 Å². The molecule has 15 heteroatoms. The van der Waals surface area contributed by atoms with Gasteiger partial charge in [-0.25, -0.2) is 17.8 Å². The highest BCUT2D eigenvalue weighted by Crippen LogP contribution is 2.37. The topological polar surface area (TPSA) is 115 Å². The molecule has 3 atom stereocenters. The lowest BCUT2D eigenvalue weighted by Crippen LogP contribution is -2.59. The molecule has 4 heterocycles. The maximum absolute atomic E-state index is 15.6. The number of alkyl halides is 4. The predicted octanol–water partition coefficient (Wildman–Crippen LogP) is 4.36. The van der Waals surface area contributed by atoms with Gasteiger partial charge >= 0.3 is 6.18 Å². The molecule has 2 saturated heterocycles. The summed E-state index contributed by atoms with van der Waals surface area (Å²) < 4.78 is 92.6. The SMILES string of the molecule is C[C@H]1CN(C2CCOCC2)C[C@H](F)[C@@H]1NC(=O)c1cc(C#CCNc2ccc(S(C)(=O)=O)c3c2OCCC3)cc2c1ncn2CC(F)(F)F. The van der Waals surface area contributed by atoms with E-state index in [1.54, 1.807) is 6.07 Å². The van der Waals surface area contributed by atoms with Gasteiger partial charge in [-0.3, -0.25) is 9.69 Å². The monoisotopic (exact) mass is 705 g/mol. The van der Waals surface area contributed by atoms with E-state index in [0.717, 1.165) is 30.0 Å². The third kappa shape index (κ3) is 7.97. The number of halogens is 4. The first-order valence-electron chi connectivity index (χ1n) is 16.3. The number of aromatic nitrogens is 2. The minimum Gasteiger partial charge on any atom is -0.491 e. The number of likely N-dealkylation sites (tertiary alicyclic amines) is 1. The predicted molar refractivity (Wildman–Crippen MR) is 175 cm³/mol. The molecule has 0 radical (unpaired) electrons. The second-order valence-corrected chi connectivity index (χ2v) is 15.0. The highest BCUT2D eigenvalue weighted by molar-refractivity contribution is 7.90. The molecule has 3 aliphatic rings. The zero-order valence-electron chi connectivity index (χ0n) is 27.3. The van der Waals surface area contributed by atoms with Crippen LogP contribution in [-0.2, 0) is 27.5 Å². The number of benzene rings is 2. The van der Waals surface area contributed by atoms with Gasteiger partial charge in [-0.1, -0.05) is 18.8 Å². The van der Waals surface area contributed by atoms with E-state index in [1.807, 2.05) is 6.92 Å². The van der Waals surface area contributed by atoms with Crippen LogP contribution in [0.4, 0.5) is 23.2 Å². The molecule has 1 aromatic heterocycles. The molecule has 0 saturated carbocycles. The molecule has 0 aliphatic carbocycles. The summed E-state index contributed by atoms with van der Waals surface area (Å²) in [6, 6.07) is 5.46. The zero-order chi connectivity index (χ0) is 34.9. The van der Waals surface area contributed by atoms with E-state index in [0.29, 0.717) is 56.2 Å². The van der Waals surface area contributed by atoms with Crippen molar-refractivity contribution in [3.8, 4) is 17.6 Å². The molecule has 0 unspecified atom stereocenters. The lowest BCUT2D eigenvalue weighted by atomic mass is 9.89. The number of nitrogens with zero attached hydrogens (tertiary/aromatic N) is 3. The van der Waals surface area contributed by atoms with Crippen molar-refractivity contribution < 1.29 is 40.2 Å². The largest absolute Gasteiger partial charge is 0.491 e. The van der Waals surface area contributed by atoms with E-state index in [-0.39, 0.29) is 52.1 Å².